The number of nitrogens with zero attached hydrogens (tertiary/aromatic N) is 4. The molecule has 1 aliphatic carbocycles. The Morgan fingerprint density at radius 1 is 1.27 bits per heavy atom. The highest BCUT2D eigenvalue weighted by Gasteiger charge is 2.41. The number of imidazole rings is 1. The molecule has 4 rings (SSSR count). The van der Waals surface area contributed by atoms with Crippen LogP contribution in [0.3, 0.4) is 0 Å². The van der Waals surface area contributed by atoms with Gasteiger partial charge in [0.05, 0.1) is 11.9 Å². The molecule has 1 fully saturated rings. The zero-order valence-corrected chi connectivity index (χ0v) is 12.8. The molecule has 0 N–H and O–H groups in total. The molecule has 5 heteroatoms. The third-order valence-electron chi connectivity index (χ3n) is 4.83. The van der Waals surface area contributed by atoms with E-state index in [1.54, 1.807) is 6.20 Å². The quantitative estimate of drug-likeness (QED) is 0.851. The molecule has 2 aliphatic rings. The first-order chi connectivity index (χ1) is 10.7. The van der Waals surface area contributed by atoms with Crippen LogP contribution in [0, 0.1) is 11.8 Å². The summed E-state index contributed by atoms with van der Waals surface area (Å²) in [6.07, 6.45) is 7.45. The number of fused-ring (bicyclic) bond motifs is 1. The molecule has 0 aromatic carbocycles. The largest absolute Gasteiger partial charge is 0.340 e. The van der Waals surface area contributed by atoms with Gasteiger partial charge in [0.2, 0.25) is 5.91 Å². The first-order valence-corrected chi connectivity index (χ1v) is 7.97. The van der Waals surface area contributed by atoms with Gasteiger partial charge in [-0.25, -0.2) is 4.98 Å². The molecular formula is C17H20N4O. The fourth-order valence-electron chi connectivity index (χ4n) is 3.30. The van der Waals surface area contributed by atoms with Crippen LogP contribution in [0.5, 0.6) is 0 Å². The van der Waals surface area contributed by atoms with E-state index in [0.717, 1.165) is 49.6 Å². The van der Waals surface area contributed by atoms with Gasteiger partial charge in [0.15, 0.2) is 0 Å². The number of pyridine rings is 1. The number of hydrogen-bond acceptors (Lipinski definition) is 3. The number of carbonyl (C=O) groups is 1. The van der Waals surface area contributed by atoms with Gasteiger partial charge in [0.1, 0.15) is 5.82 Å². The Kier molecular flexibility index (Phi) is 3.21. The van der Waals surface area contributed by atoms with Gasteiger partial charge in [0, 0.05) is 49.9 Å². The van der Waals surface area contributed by atoms with E-state index in [2.05, 4.69) is 27.5 Å². The van der Waals surface area contributed by atoms with E-state index in [1.165, 1.54) is 0 Å². The summed E-state index contributed by atoms with van der Waals surface area (Å²) in [6, 6.07) is 3.99. The second kappa shape index (κ2) is 5.23. The molecule has 0 saturated heterocycles. The summed E-state index contributed by atoms with van der Waals surface area (Å²) < 4.78 is 2.24. The van der Waals surface area contributed by atoms with Crippen LogP contribution in [-0.4, -0.2) is 38.4 Å². The highest BCUT2D eigenvalue weighted by atomic mass is 16.2. The second-order valence-corrected chi connectivity index (χ2v) is 6.35. The van der Waals surface area contributed by atoms with Gasteiger partial charge in [-0.15, -0.1) is 0 Å². The molecule has 0 spiro atoms. The smallest absolute Gasteiger partial charge is 0.226 e. The number of aromatic nitrogens is 3. The Labute approximate surface area is 130 Å². The van der Waals surface area contributed by atoms with Gasteiger partial charge in [0.25, 0.3) is 0 Å². The molecular weight excluding hydrogens is 276 g/mol. The van der Waals surface area contributed by atoms with Gasteiger partial charge in [-0.3, -0.25) is 9.78 Å². The maximum atomic E-state index is 12.4. The SMILES string of the molecule is C[C@H]1C[C@H]1C(=O)N1CCc2ncc(-c3cccnc3)n2CC1. The van der Waals surface area contributed by atoms with Crippen molar-refractivity contribution in [2.75, 3.05) is 13.1 Å². The van der Waals surface area contributed by atoms with Crippen molar-refractivity contribution in [2.24, 2.45) is 11.8 Å². The molecule has 1 aliphatic heterocycles. The zero-order valence-electron chi connectivity index (χ0n) is 12.8. The number of carbonyl (C=O) groups excluding carboxylic acids is 1. The molecule has 0 radical (unpaired) electrons. The third kappa shape index (κ3) is 2.30. The fraction of sp³-hybridized carbons (Fsp3) is 0.471. The van der Waals surface area contributed by atoms with Crippen LogP contribution in [0.25, 0.3) is 11.3 Å². The maximum Gasteiger partial charge on any atom is 0.226 e. The van der Waals surface area contributed by atoms with Crippen molar-refractivity contribution in [3.05, 3.63) is 36.5 Å². The van der Waals surface area contributed by atoms with Gasteiger partial charge >= 0.3 is 0 Å². The summed E-state index contributed by atoms with van der Waals surface area (Å²) in [4.78, 5) is 23.2. The molecule has 1 saturated carbocycles. The molecule has 2 aromatic heterocycles. The monoisotopic (exact) mass is 296 g/mol. The number of rotatable bonds is 2. The summed E-state index contributed by atoms with van der Waals surface area (Å²) >= 11 is 0. The van der Waals surface area contributed by atoms with Crippen LogP contribution in [0.4, 0.5) is 0 Å². The van der Waals surface area contributed by atoms with Crippen LogP contribution in [-0.2, 0) is 17.8 Å². The van der Waals surface area contributed by atoms with Crippen molar-refractivity contribution in [1.82, 2.24) is 19.4 Å². The highest BCUT2D eigenvalue weighted by molar-refractivity contribution is 5.81. The topological polar surface area (TPSA) is 51.0 Å². The van der Waals surface area contributed by atoms with Crippen LogP contribution >= 0.6 is 0 Å². The standard InChI is InChI=1S/C17H20N4O/c1-12-9-14(12)17(22)20-6-4-16-19-11-15(21(16)8-7-20)13-3-2-5-18-10-13/h2-3,5,10-12,14H,4,6-9H2,1H3/t12-,14+/m0/s1. The third-order valence-corrected chi connectivity index (χ3v) is 4.83. The first kappa shape index (κ1) is 13.5. The Hall–Kier alpha value is -2.17. The lowest BCUT2D eigenvalue weighted by Crippen LogP contribution is -2.35. The van der Waals surface area contributed by atoms with Crippen LogP contribution in [0.1, 0.15) is 19.2 Å². The van der Waals surface area contributed by atoms with Crippen molar-refractivity contribution < 1.29 is 4.79 Å². The van der Waals surface area contributed by atoms with E-state index in [4.69, 9.17) is 0 Å². The average Bonchev–Trinajstić information content (AvgIpc) is 3.21. The van der Waals surface area contributed by atoms with Crippen LogP contribution < -0.4 is 0 Å². The summed E-state index contributed by atoms with van der Waals surface area (Å²) in [5.74, 6) is 2.24. The van der Waals surface area contributed by atoms with Gasteiger partial charge in [-0.2, -0.15) is 0 Å². The summed E-state index contributed by atoms with van der Waals surface area (Å²) in [7, 11) is 0. The van der Waals surface area contributed by atoms with Crippen molar-refractivity contribution in [1.29, 1.82) is 0 Å². The lowest BCUT2D eigenvalue weighted by Gasteiger charge is -2.20. The minimum atomic E-state index is 0.267. The molecule has 5 nitrogen and oxygen atoms in total. The summed E-state index contributed by atoms with van der Waals surface area (Å²) in [5.41, 5.74) is 2.18. The minimum Gasteiger partial charge on any atom is -0.340 e. The van der Waals surface area contributed by atoms with E-state index in [9.17, 15) is 4.79 Å². The van der Waals surface area contributed by atoms with E-state index in [1.807, 2.05) is 23.4 Å². The van der Waals surface area contributed by atoms with Crippen molar-refractivity contribution in [2.45, 2.75) is 26.3 Å². The van der Waals surface area contributed by atoms with Gasteiger partial charge in [-0.1, -0.05) is 6.92 Å². The normalized spacial score (nSPS) is 23.8. The van der Waals surface area contributed by atoms with Crippen molar-refractivity contribution >= 4 is 5.91 Å². The molecule has 114 valence electrons. The van der Waals surface area contributed by atoms with E-state index >= 15 is 0 Å². The van der Waals surface area contributed by atoms with E-state index in [0.29, 0.717) is 11.8 Å². The Morgan fingerprint density at radius 3 is 2.86 bits per heavy atom. The number of hydrogen-bond donors (Lipinski definition) is 0. The Morgan fingerprint density at radius 2 is 2.14 bits per heavy atom. The summed E-state index contributed by atoms with van der Waals surface area (Å²) in [6.45, 7) is 4.53. The van der Waals surface area contributed by atoms with E-state index < -0.39 is 0 Å². The molecule has 2 aromatic rings. The van der Waals surface area contributed by atoms with Gasteiger partial charge < -0.3 is 9.47 Å². The summed E-state index contributed by atoms with van der Waals surface area (Å²) in [5, 5.41) is 0. The molecule has 22 heavy (non-hydrogen) atoms. The Bertz CT molecular complexity index is 694. The first-order valence-electron chi connectivity index (χ1n) is 7.97. The highest BCUT2D eigenvalue weighted by Crippen LogP contribution is 2.39. The molecule has 3 heterocycles. The molecule has 1 amide bonds. The fourth-order valence-corrected chi connectivity index (χ4v) is 3.30. The maximum absolute atomic E-state index is 12.4. The lowest BCUT2D eigenvalue weighted by atomic mass is 10.2. The molecule has 0 bridgehead atoms. The number of amides is 1. The van der Waals surface area contributed by atoms with Crippen LogP contribution in [0.15, 0.2) is 30.7 Å². The van der Waals surface area contributed by atoms with E-state index in [-0.39, 0.29) is 5.92 Å². The van der Waals surface area contributed by atoms with Crippen molar-refractivity contribution in [3.63, 3.8) is 0 Å². The van der Waals surface area contributed by atoms with Crippen LogP contribution in [0.2, 0.25) is 0 Å². The minimum absolute atomic E-state index is 0.267. The van der Waals surface area contributed by atoms with Crippen molar-refractivity contribution in [3.8, 4) is 11.3 Å². The molecule has 0 unspecified atom stereocenters. The average molecular weight is 296 g/mol. The molecule has 2 atom stereocenters. The predicted molar refractivity (Wildman–Crippen MR) is 83.0 cm³/mol. The lowest BCUT2D eigenvalue weighted by molar-refractivity contribution is -0.132. The predicted octanol–water partition coefficient (Wildman–Crippen LogP) is 1.99. The van der Waals surface area contributed by atoms with Gasteiger partial charge in [-0.05, 0) is 24.5 Å². The Balaban J connectivity index is 1.55. The second-order valence-electron chi connectivity index (χ2n) is 6.35. The zero-order chi connectivity index (χ0) is 15.1.